The molecule has 2 N–H and O–H groups in total. The highest BCUT2D eigenvalue weighted by atomic mass is 16.5. The molecule has 0 bridgehead atoms. The van der Waals surface area contributed by atoms with E-state index in [4.69, 9.17) is 10.5 Å². The normalized spacial score (nSPS) is 18.2. The van der Waals surface area contributed by atoms with Crippen molar-refractivity contribution < 1.29 is 4.74 Å². The van der Waals surface area contributed by atoms with Crippen LogP contribution in [0.15, 0.2) is 18.2 Å². The molecule has 0 atom stereocenters. The number of nitrogens with zero attached hydrogens (tertiary/aromatic N) is 4. The molecule has 0 aliphatic heterocycles. The van der Waals surface area contributed by atoms with E-state index in [0.29, 0.717) is 11.7 Å². The van der Waals surface area contributed by atoms with Gasteiger partial charge in [-0.3, -0.25) is 0 Å². The SMILES string of the molecule is COc1cc(N)ccc1-c1nnnn1C(C1CC1)C1CC1. The van der Waals surface area contributed by atoms with Crippen LogP contribution >= 0.6 is 0 Å². The Kier molecular flexibility index (Phi) is 2.83. The molecule has 0 spiro atoms. The third-order valence-electron chi connectivity index (χ3n) is 4.45. The molecule has 0 radical (unpaired) electrons. The van der Waals surface area contributed by atoms with E-state index < -0.39 is 0 Å². The van der Waals surface area contributed by atoms with Crippen LogP contribution in [0, 0.1) is 11.8 Å². The minimum Gasteiger partial charge on any atom is -0.496 e. The Morgan fingerprint density at radius 2 is 1.95 bits per heavy atom. The Hall–Kier alpha value is -2.11. The number of nitrogens with two attached hydrogens (primary N) is 1. The van der Waals surface area contributed by atoms with Gasteiger partial charge in [-0.25, -0.2) is 4.68 Å². The highest BCUT2D eigenvalue weighted by Crippen LogP contribution is 2.52. The lowest BCUT2D eigenvalue weighted by atomic mass is 10.1. The Labute approximate surface area is 123 Å². The molecule has 0 unspecified atom stereocenters. The van der Waals surface area contributed by atoms with Gasteiger partial charge in [0.2, 0.25) is 0 Å². The maximum Gasteiger partial charge on any atom is 0.186 e. The Morgan fingerprint density at radius 1 is 1.24 bits per heavy atom. The molecule has 6 nitrogen and oxygen atoms in total. The van der Waals surface area contributed by atoms with Gasteiger partial charge in [0.15, 0.2) is 5.82 Å². The van der Waals surface area contributed by atoms with Crippen molar-refractivity contribution in [2.45, 2.75) is 31.7 Å². The number of rotatable bonds is 5. The highest BCUT2D eigenvalue weighted by Gasteiger charge is 2.44. The molecule has 2 aliphatic rings. The fourth-order valence-corrected chi connectivity index (χ4v) is 3.12. The van der Waals surface area contributed by atoms with Crippen LogP contribution < -0.4 is 10.5 Å². The van der Waals surface area contributed by atoms with Crippen molar-refractivity contribution in [2.24, 2.45) is 11.8 Å². The summed E-state index contributed by atoms with van der Waals surface area (Å²) in [5, 5.41) is 12.4. The second-order valence-corrected chi connectivity index (χ2v) is 6.07. The van der Waals surface area contributed by atoms with Crippen LogP contribution in [-0.4, -0.2) is 27.3 Å². The Bertz CT molecular complexity index is 648. The van der Waals surface area contributed by atoms with E-state index in [-0.39, 0.29) is 0 Å². The number of tetrazole rings is 1. The average Bonchev–Trinajstić information content (AvgIpc) is 3.40. The lowest BCUT2D eigenvalue weighted by molar-refractivity contribution is 0.355. The van der Waals surface area contributed by atoms with Crippen LogP contribution in [-0.2, 0) is 0 Å². The van der Waals surface area contributed by atoms with Crippen LogP contribution in [0.4, 0.5) is 5.69 Å². The summed E-state index contributed by atoms with van der Waals surface area (Å²) in [6.07, 6.45) is 5.16. The maximum atomic E-state index is 5.83. The first-order valence-corrected chi connectivity index (χ1v) is 7.49. The minimum absolute atomic E-state index is 0.442. The molecule has 1 aromatic heterocycles. The molecule has 2 aromatic rings. The third-order valence-corrected chi connectivity index (χ3v) is 4.45. The standard InChI is InChI=1S/C15H19N5O/c1-21-13-8-11(16)6-7-12(13)15-17-18-19-20(15)14(9-2-3-9)10-4-5-10/h6-10,14H,2-5,16H2,1H3. The third kappa shape index (κ3) is 2.24. The fraction of sp³-hybridized carbons (Fsp3) is 0.533. The molecule has 4 rings (SSSR count). The Morgan fingerprint density at radius 3 is 2.57 bits per heavy atom. The molecule has 0 saturated heterocycles. The van der Waals surface area contributed by atoms with E-state index in [1.54, 1.807) is 7.11 Å². The van der Waals surface area contributed by atoms with Gasteiger partial charge in [0.05, 0.1) is 18.7 Å². The van der Waals surface area contributed by atoms with Crippen LogP contribution in [0.5, 0.6) is 5.75 Å². The summed E-state index contributed by atoms with van der Waals surface area (Å²) in [7, 11) is 1.64. The van der Waals surface area contributed by atoms with Crippen LogP contribution in [0.3, 0.4) is 0 Å². The second kappa shape index (κ2) is 4.72. The van der Waals surface area contributed by atoms with Crippen molar-refractivity contribution in [1.29, 1.82) is 0 Å². The highest BCUT2D eigenvalue weighted by molar-refractivity contribution is 5.67. The van der Waals surface area contributed by atoms with Gasteiger partial charge in [-0.15, -0.1) is 5.10 Å². The van der Waals surface area contributed by atoms with E-state index in [1.807, 2.05) is 22.9 Å². The molecular weight excluding hydrogens is 266 g/mol. The second-order valence-electron chi connectivity index (χ2n) is 6.07. The number of ether oxygens (including phenoxy) is 1. The molecule has 2 saturated carbocycles. The van der Waals surface area contributed by atoms with Gasteiger partial charge in [-0.05, 0) is 60.1 Å². The number of benzene rings is 1. The van der Waals surface area contributed by atoms with Crippen molar-refractivity contribution >= 4 is 5.69 Å². The molecule has 0 amide bonds. The van der Waals surface area contributed by atoms with Crippen LogP contribution in [0.2, 0.25) is 0 Å². The summed E-state index contributed by atoms with van der Waals surface area (Å²) in [5.41, 5.74) is 7.41. The first-order chi connectivity index (χ1) is 10.3. The molecule has 1 aromatic carbocycles. The van der Waals surface area contributed by atoms with Crippen molar-refractivity contribution in [3.05, 3.63) is 18.2 Å². The summed E-state index contributed by atoms with van der Waals surface area (Å²) in [5.74, 6) is 2.98. The number of aromatic nitrogens is 4. The average molecular weight is 285 g/mol. The summed E-state index contributed by atoms with van der Waals surface area (Å²) in [6.45, 7) is 0. The van der Waals surface area contributed by atoms with Gasteiger partial charge in [-0.2, -0.15) is 0 Å². The summed E-state index contributed by atoms with van der Waals surface area (Å²) in [4.78, 5) is 0. The topological polar surface area (TPSA) is 78.8 Å². The van der Waals surface area contributed by atoms with Crippen molar-refractivity contribution in [2.75, 3.05) is 12.8 Å². The largest absolute Gasteiger partial charge is 0.496 e. The van der Waals surface area contributed by atoms with Crippen molar-refractivity contribution in [1.82, 2.24) is 20.2 Å². The van der Waals surface area contributed by atoms with E-state index in [0.717, 1.165) is 29.0 Å². The summed E-state index contributed by atoms with van der Waals surface area (Å²) >= 11 is 0. The quantitative estimate of drug-likeness (QED) is 0.853. The lowest BCUT2D eigenvalue weighted by Crippen LogP contribution is -2.16. The van der Waals surface area contributed by atoms with Gasteiger partial charge < -0.3 is 10.5 Å². The number of nitrogen functional groups attached to an aromatic ring is 1. The smallest absolute Gasteiger partial charge is 0.186 e. The van der Waals surface area contributed by atoms with Gasteiger partial charge in [0.1, 0.15) is 5.75 Å². The molecule has 110 valence electrons. The van der Waals surface area contributed by atoms with E-state index in [9.17, 15) is 0 Å². The molecule has 2 fully saturated rings. The zero-order chi connectivity index (χ0) is 14.4. The first kappa shape index (κ1) is 12.6. The lowest BCUT2D eigenvalue weighted by Gasteiger charge is -2.18. The predicted octanol–water partition coefficient (Wildman–Crippen LogP) is 2.29. The van der Waals surface area contributed by atoms with E-state index >= 15 is 0 Å². The predicted molar refractivity (Wildman–Crippen MR) is 78.7 cm³/mol. The van der Waals surface area contributed by atoms with Crippen molar-refractivity contribution in [3.8, 4) is 17.1 Å². The zero-order valence-corrected chi connectivity index (χ0v) is 12.1. The first-order valence-electron chi connectivity index (χ1n) is 7.49. The number of methoxy groups -OCH3 is 1. The maximum absolute atomic E-state index is 5.83. The van der Waals surface area contributed by atoms with Crippen LogP contribution in [0.25, 0.3) is 11.4 Å². The monoisotopic (exact) mass is 285 g/mol. The molecule has 6 heteroatoms. The fourth-order valence-electron chi connectivity index (χ4n) is 3.12. The zero-order valence-electron chi connectivity index (χ0n) is 12.1. The number of hydrogen-bond donors (Lipinski definition) is 1. The van der Waals surface area contributed by atoms with Gasteiger partial charge in [0.25, 0.3) is 0 Å². The van der Waals surface area contributed by atoms with E-state index in [2.05, 4.69) is 15.5 Å². The van der Waals surface area contributed by atoms with Crippen molar-refractivity contribution in [3.63, 3.8) is 0 Å². The van der Waals surface area contributed by atoms with Crippen LogP contribution in [0.1, 0.15) is 31.7 Å². The molecular formula is C15H19N5O. The molecule has 1 heterocycles. The molecule has 2 aliphatic carbocycles. The number of hydrogen-bond acceptors (Lipinski definition) is 5. The Balaban J connectivity index is 1.77. The van der Waals surface area contributed by atoms with Gasteiger partial charge in [0, 0.05) is 11.8 Å². The summed E-state index contributed by atoms with van der Waals surface area (Å²) < 4.78 is 7.47. The van der Waals surface area contributed by atoms with Gasteiger partial charge in [-0.1, -0.05) is 0 Å². The number of anilines is 1. The molecule has 21 heavy (non-hydrogen) atoms. The minimum atomic E-state index is 0.442. The van der Waals surface area contributed by atoms with E-state index in [1.165, 1.54) is 25.7 Å². The van der Waals surface area contributed by atoms with Gasteiger partial charge >= 0.3 is 0 Å². The summed E-state index contributed by atoms with van der Waals surface area (Å²) in [6, 6.07) is 6.06.